The molecule has 8 nitrogen and oxygen atoms in total. The van der Waals surface area contributed by atoms with Gasteiger partial charge in [0.1, 0.15) is 0 Å². The quantitative estimate of drug-likeness (QED) is 0.395. The smallest absolute Gasteiger partial charge is 0.322 e. The van der Waals surface area contributed by atoms with Crippen molar-refractivity contribution in [1.29, 1.82) is 0 Å². The molecule has 1 heterocycles. The number of carbonyl (C=O) groups excluding carboxylic acids is 1. The van der Waals surface area contributed by atoms with Gasteiger partial charge in [-0.25, -0.2) is 8.42 Å². The van der Waals surface area contributed by atoms with Crippen molar-refractivity contribution in [2.45, 2.75) is 57.8 Å². The largest absolute Gasteiger partial charge is 0.407 e. The van der Waals surface area contributed by atoms with Gasteiger partial charge in [-0.1, -0.05) is 61.6 Å². The molecule has 0 radical (unpaired) electrons. The van der Waals surface area contributed by atoms with Crippen molar-refractivity contribution >= 4 is 21.9 Å². The van der Waals surface area contributed by atoms with Crippen LogP contribution in [0.25, 0.3) is 0 Å². The third kappa shape index (κ3) is 6.74. The number of benzene rings is 2. The van der Waals surface area contributed by atoms with Crippen LogP contribution in [0.15, 0.2) is 57.8 Å². The minimum Gasteiger partial charge on any atom is -0.407 e. The topological polar surface area (TPSA) is 105 Å². The summed E-state index contributed by atoms with van der Waals surface area (Å²) in [5, 5.41) is 10.4. The van der Waals surface area contributed by atoms with E-state index in [0.717, 1.165) is 36.8 Å². The molecule has 0 aliphatic carbocycles. The number of sulfonamides is 1. The fourth-order valence-corrected chi connectivity index (χ4v) is 4.89. The predicted octanol–water partition coefficient (Wildman–Crippen LogP) is 4.81. The van der Waals surface area contributed by atoms with E-state index in [1.807, 2.05) is 45.0 Å². The summed E-state index contributed by atoms with van der Waals surface area (Å²) >= 11 is 0. The molecular weight excluding hydrogens is 452 g/mol. The first-order chi connectivity index (χ1) is 16.3. The zero-order valence-corrected chi connectivity index (χ0v) is 20.8. The normalized spacial score (nSPS) is 11.6. The van der Waals surface area contributed by atoms with Gasteiger partial charge in [0.15, 0.2) is 0 Å². The second-order valence-corrected chi connectivity index (χ2v) is 10.2. The van der Waals surface area contributed by atoms with Gasteiger partial charge < -0.3 is 4.42 Å². The number of anilines is 1. The number of hydrogen-bond acceptors (Lipinski definition) is 6. The lowest BCUT2D eigenvalue weighted by molar-refractivity contribution is 0.102. The van der Waals surface area contributed by atoms with E-state index in [1.165, 1.54) is 28.6 Å². The van der Waals surface area contributed by atoms with Crippen molar-refractivity contribution in [3.8, 4) is 0 Å². The van der Waals surface area contributed by atoms with Crippen molar-refractivity contribution < 1.29 is 17.6 Å². The van der Waals surface area contributed by atoms with Gasteiger partial charge in [-0.2, -0.15) is 4.31 Å². The number of amides is 1. The van der Waals surface area contributed by atoms with Crippen molar-refractivity contribution in [3.63, 3.8) is 0 Å². The van der Waals surface area contributed by atoms with Gasteiger partial charge >= 0.3 is 6.01 Å². The third-order valence-corrected chi connectivity index (χ3v) is 7.35. The summed E-state index contributed by atoms with van der Waals surface area (Å²) in [6.07, 6.45) is 3.90. The predicted molar refractivity (Wildman–Crippen MR) is 131 cm³/mol. The average Bonchev–Trinajstić information content (AvgIpc) is 3.27. The number of aromatic nitrogens is 2. The van der Waals surface area contributed by atoms with Crippen molar-refractivity contribution in [3.05, 3.63) is 71.1 Å². The zero-order valence-electron chi connectivity index (χ0n) is 20.0. The molecule has 1 amide bonds. The van der Waals surface area contributed by atoms with Gasteiger partial charge in [-0.05, 0) is 49.6 Å². The zero-order chi connectivity index (χ0) is 24.6. The second kappa shape index (κ2) is 11.9. The first kappa shape index (κ1) is 25.6. The highest BCUT2D eigenvalue weighted by atomic mass is 32.2. The van der Waals surface area contributed by atoms with Crippen LogP contribution < -0.4 is 5.32 Å². The van der Waals surface area contributed by atoms with E-state index in [-0.39, 0.29) is 10.9 Å². The number of hydrogen-bond donors (Lipinski definition) is 1. The van der Waals surface area contributed by atoms with E-state index in [9.17, 15) is 13.2 Å². The number of carbonyl (C=O) groups is 1. The highest BCUT2D eigenvalue weighted by Gasteiger charge is 2.24. The molecule has 0 saturated heterocycles. The number of aryl methyl sites for hydroxylation is 1. The summed E-state index contributed by atoms with van der Waals surface area (Å²) in [6, 6.07) is 13.9. The molecule has 0 bridgehead atoms. The Balaban J connectivity index is 1.65. The molecule has 0 unspecified atom stereocenters. The molecule has 0 aliphatic heterocycles. The Kier molecular flexibility index (Phi) is 8.95. The SMILES string of the molecule is CCCCN(CCCC)S(=O)(=O)c1ccc(C(=O)Nc2nnc(Cc3ccc(C)cc3)o2)cc1. The molecule has 0 fully saturated rings. The Labute approximate surface area is 201 Å². The fraction of sp³-hybridized carbons (Fsp3) is 0.400. The number of rotatable bonds is 12. The summed E-state index contributed by atoms with van der Waals surface area (Å²) in [4.78, 5) is 12.8. The summed E-state index contributed by atoms with van der Waals surface area (Å²) in [5.41, 5.74) is 2.48. The summed E-state index contributed by atoms with van der Waals surface area (Å²) < 4.78 is 33.2. The lowest BCUT2D eigenvalue weighted by atomic mass is 10.1. The Morgan fingerprint density at radius 3 is 2.15 bits per heavy atom. The number of nitrogens with zero attached hydrogens (tertiary/aromatic N) is 3. The lowest BCUT2D eigenvalue weighted by Gasteiger charge is -2.22. The van der Waals surface area contributed by atoms with Crippen molar-refractivity contribution in [2.75, 3.05) is 18.4 Å². The molecule has 9 heteroatoms. The van der Waals surface area contributed by atoms with Crippen molar-refractivity contribution in [1.82, 2.24) is 14.5 Å². The minimum absolute atomic E-state index is 0.00545. The third-order valence-electron chi connectivity index (χ3n) is 5.44. The molecule has 3 aromatic rings. The molecule has 0 atom stereocenters. The first-order valence-corrected chi connectivity index (χ1v) is 13.1. The van der Waals surface area contributed by atoms with Crippen LogP contribution in [-0.2, 0) is 16.4 Å². The van der Waals surface area contributed by atoms with Crippen LogP contribution in [0.4, 0.5) is 6.01 Å². The molecule has 1 aromatic heterocycles. The van der Waals surface area contributed by atoms with Crippen molar-refractivity contribution in [2.24, 2.45) is 0 Å². The van der Waals surface area contributed by atoms with E-state index >= 15 is 0 Å². The van der Waals surface area contributed by atoms with Crippen LogP contribution >= 0.6 is 0 Å². The van der Waals surface area contributed by atoms with Gasteiger partial charge in [0.05, 0.1) is 11.3 Å². The molecule has 34 heavy (non-hydrogen) atoms. The van der Waals surface area contributed by atoms with Crippen LogP contribution in [0, 0.1) is 6.92 Å². The monoisotopic (exact) mass is 484 g/mol. The Morgan fingerprint density at radius 1 is 0.941 bits per heavy atom. The highest BCUT2D eigenvalue weighted by Crippen LogP contribution is 2.19. The summed E-state index contributed by atoms with van der Waals surface area (Å²) in [7, 11) is -3.62. The van der Waals surface area contributed by atoms with E-state index in [4.69, 9.17) is 4.42 Å². The Bertz CT molecular complexity index is 1160. The van der Waals surface area contributed by atoms with Crippen LogP contribution in [0.1, 0.15) is 66.9 Å². The fourth-order valence-electron chi connectivity index (χ4n) is 3.37. The maximum absolute atomic E-state index is 13.1. The lowest BCUT2D eigenvalue weighted by Crippen LogP contribution is -2.33. The average molecular weight is 485 g/mol. The van der Waals surface area contributed by atoms with E-state index in [2.05, 4.69) is 15.5 Å². The van der Waals surface area contributed by atoms with Gasteiger partial charge in [-0.3, -0.25) is 10.1 Å². The molecular formula is C25H32N4O4S. The minimum atomic E-state index is -3.62. The second-order valence-electron chi connectivity index (χ2n) is 8.25. The van der Waals surface area contributed by atoms with Crippen LogP contribution in [0.5, 0.6) is 0 Å². The molecule has 0 spiro atoms. The van der Waals surface area contributed by atoms with E-state index in [1.54, 1.807) is 0 Å². The van der Waals surface area contributed by atoms with Crippen LogP contribution in [-0.4, -0.2) is 41.9 Å². The van der Waals surface area contributed by atoms with Gasteiger partial charge in [0, 0.05) is 18.7 Å². The molecule has 182 valence electrons. The van der Waals surface area contributed by atoms with E-state index in [0.29, 0.717) is 31.0 Å². The first-order valence-electron chi connectivity index (χ1n) is 11.6. The van der Waals surface area contributed by atoms with Gasteiger partial charge in [0.25, 0.3) is 5.91 Å². The van der Waals surface area contributed by atoms with Gasteiger partial charge in [0.2, 0.25) is 15.9 Å². The summed E-state index contributed by atoms with van der Waals surface area (Å²) in [5.74, 6) is -0.0665. The maximum atomic E-state index is 13.1. The van der Waals surface area contributed by atoms with E-state index < -0.39 is 15.9 Å². The highest BCUT2D eigenvalue weighted by molar-refractivity contribution is 7.89. The molecule has 1 N–H and O–H groups in total. The van der Waals surface area contributed by atoms with Gasteiger partial charge in [-0.15, -0.1) is 5.10 Å². The molecule has 3 rings (SSSR count). The molecule has 0 aliphatic rings. The van der Waals surface area contributed by atoms with Crippen LogP contribution in [0.3, 0.4) is 0 Å². The standard InChI is InChI=1S/C25H32N4O4S/c1-4-6-16-29(17-7-5-2)34(31,32)22-14-12-21(13-15-22)24(30)26-25-28-27-23(33-25)18-20-10-8-19(3)9-11-20/h8-15H,4-7,16-18H2,1-3H3,(H,26,28,30). The molecule has 0 saturated carbocycles. The number of nitrogens with one attached hydrogen (secondary N) is 1. The maximum Gasteiger partial charge on any atom is 0.322 e. The van der Waals surface area contributed by atoms with Crippen LogP contribution in [0.2, 0.25) is 0 Å². The Morgan fingerprint density at radius 2 is 1.56 bits per heavy atom. The Hall–Kier alpha value is -3.04. The summed E-state index contributed by atoms with van der Waals surface area (Å²) in [6.45, 7) is 7.06. The number of unbranched alkanes of at least 4 members (excludes halogenated alkanes) is 2. The molecule has 2 aromatic carbocycles.